The smallest absolute Gasteiger partial charge is 0.251 e. The molecule has 2 amide bonds. The lowest BCUT2D eigenvalue weighted by Gasteiger charge is -2.24. The molecular weight excluding hydrogens is 378 g/mol. The quantitative estimate of drug-likeness (QED) is 0.583. The third-order valence-corrected chi connectivity index (χ3v) is 4.91. The fourth-order valence-corrected chi connectivity index (χ4v) is 3.31. The highest BCUT2D eigenvalue weighted by Crippen LogP contribution is 2.14. The Kier molecular flexibility index (Phi) is 10.9. The molecule has 6 nitrogen and oxygen atoms in total. The Bertz CT molecular complexity index is 601. The molecule has 3 N–H and O–H groups in total. The van der Waals surface area contributed by atoms with Gasteiger partial charge in [0.25, 0.3) is 5.91 Å². The van der Waals surface area contributed by atoms with Gasteiger partial charge in [0, 0.05) is 12.1 Å². The summed E-state index contributed by atoms with van der Waals surface area (Å²) in [4.78, 5) is 25.1. The molecule has 1 saturated heterocycles. The van der Waals surface area contributed by atoms with E-state index in [1.807, 2.05) is 20.8 Å². The molecule has 0 spiro atoms. The number of halogens is 1. The van der Waals surface area contributed by atoms with E-state index in [1.54, 1.807) is 24.3 Å². The van der Waals surface area contributed by atoms with Gasteiger partial charge in [0.15, 0.2) is 0 Å². The summed E-state index contributed by atoms with van der Waals surface area (Å²) >= 11 is 0. The maximum Gasteiger partial charge on any atom is 0.251 e. The molecule has 0 radical (unpaired) electrons. The van der Waals surface area contributed by atoms with Crippen molar-refractivity contribution < 1.29 is 14.3 Å². The van der Waals surface area contributed by atoms with Crippen LogP contribution in [0.1, 0.15) is 50.4 Å². The number of nitrogens with one attached hydrogen (secondary N) is 3. The minimum Gasteiger partial charge on any atom is -0.494 e. The van der Waals surface area contributed by atoms with Gasteiger partial charge in [-0.3, -0.25) is 9.59 Å². The van der Waals surface area contributed by atoms with Crippen LogP contribution in [0.25, 0.3) is 0 Å². The molecule has 1 aliphatic rings. The number of ether oxygens (including phenoxy) is 1. The summed E-state index contributed by atoms with van der Waals surface area (Å²) in [5.74, 6) is 0.990. The average molecular weight is 412 g/mol. The van der Waals surface area contributed by atoms with Crippen molar-refractivity contribution in [1.29, 1.82) is 0 Å². The largest absolute Gasteiger partial charge is 0.494 e. The number of carbonyl (C=O) groups excluding carboxylic acids is 2. The van der Waals surface area contributed by atoms with E-state index in [2.05, 4.69) is 16.0 Å². The van der Waals surface area contributed by atoms with E-state index in [4.69, 9.17) is 4.74 Å². The van der Waals surface area contributed by atoms with Crippen molar-refractivity contribution in [3.63, 3.8) is 0 Å². The summed E-state index contributed by atoms with van der Waals surface area (Å²) in [6.07, 6.45) is 3.38. The van der Waals surface area contributed by atoms with Gasteiger partial charge in [0.05, 0.1) is 6.61 Å². The molecular formula is C21H34ClN3O3. The van der Waals surface area contributed by atoms with Gasteiger partial charge in [-0.15, -0.1) is 12.4 Å². The van der Waals surface area contributed by atoms with Gasteiger partial charge in [-0.1, -0.05) is 13.8 Å². The van der Waals surface area contributed by atoms with Crippen molar-refractivity contribution >= 4 is 24.2 Å². The van der Waals surface area contributed by atoms with Crippen molar-refractivity contribution in [1.82, 2.24) is 16.0 Å². The van der Waals surface area contributed by atoms with Gasteiger partial charge in [-0.2, -0.15) is 0 Å². The van der Waals surface area contributed by atoms with E-state index in [-0.39, 0.29) is 30.1 Å². The van der Waals surface area contributed by atoms with Crippen molar-refractivity contribution in [2.75, 3.05) is 26.2 Å². The molecule has 1 aliphatic heterocycles. The first kappa shape index (κ1) is 24.2. The number of hydrogen-bond donors (Lipinski definition) is 3. The number of hydrogen-bond acceptors (Lipinski definition) is 4. The third kappa shape index (κ3) is 7.68. The Morgan fingerprint density at radius 1 is 1.25 bits per heavy atom. The van der Waals surface area contributed by atoms with Crippen LogP contribution in [0.3, 0.4) is 0 Å². The van der Waals surface area contributed by atoms with Crippen molar-refractivity contribution in [2.45, 2.75) is 46.1 Å². The first-order chi connectivity index (χ1) is 13.0. The van der Waals surface area contributed by atoms with Crippen molar-refractivity contribution in [3.05, 3.63) is 29.8 Å². The highest BCUT2D eigenvalue weighted by atomic mass is 35.5. The molecule has 28 heavy (non-hydrogen) atoms. The predicted molar refractivity (Wildman–Crippen MR) is 114 cm³/mol. The van der Waals surface area contributed by atoms with Gasteiger partial charge in [-0.25, -0.2) is 0 Å². The molecule has 0 bridgehead atoms. The summed E-state index contributed by atoms with van der Waals surface area (Å²) in [6, 6.07) is 6.41. The second-order valence-electron chi connectivity index (χ2n) is 7.44. The van der Waals surface area contributed by atoms with Crippen molar-refractivity contribution in [2.24, 2.45) is 11.8 Å². The van der Waals surface area contributed by atoms with Crippen LogP contribution in [0.15, 0.2) is 24.3 Å². The summed E-state index contributed by atoms with van der Waals surface area (Å²) in [5.41, 5.74) is 0.519. The minimum absolute atomic E-state index is 0. The van der Waals surface area contributed by atoms with Crippen LogP contribution in [-0.4, -0.2) is 44.1 Å². The monoisotopic (exact) mass is 411 g/mol. The first-order valence-corrected chi connectivity index (χ1v) is 10.0. The van der Waals surface area contributed by atoms with E-state index in [0.29, 0.717) is 24.6 Å². The molecule has 7 heteroatoms. The fourth-order valence-electron chi connectivity index (χ4n) is 3.31. The van der Waals surface area contributed by atoms with E-state index in [1.165, 1.54) is 12.8 Å². The minimum atomic E-state index is -0.548. The number of piperidine rings is 1. The average Bonchev–Trinajstić information content (AvgIpc) is 2.67. The lowest BCUT2D eigenvalue weighted by molar-refractivity contribution is -0.124. The Morgan fingerprint density at radius 2 is 1.96 bits per heavy atom. The normalized spacial score (nSPS) is 17.4. The van der Waals surface area contributed by atoms with E-state index < -0.39 is 6.04 Å². The number of rotatable bonds is 9. The van der Waals surface area contributed by atoms with Gasteiger partial charge in [-0.05, 0) is 75.4 Å². The standard InChI is InChI=1S/C21H33N3O3.ClH/c1-4-27-18-9-7-17(8-10-18)20(25)24-19(15(2)3)21(26)23-13-11-16-6-5-12-22-14-16;/h7-10,15-16,19,22H,4-6,11-14H2,1-3H3,(H,23,26)(H,24,25);1H. The molecule has 0 aromatic heterocycles. The zero-order chi connectivity index (χ0) is 19.6. The first-order valence-electron chi connectivity index (χ1n) is 10.0. The summed E-state index contributed by atoms with van der Waals surface area (Å²) in [6.45, 7) is 9.14. The van der Waals surface area contributed by atoms with Crippen LogP contribution in [0, 0.1) is 11.8 Å². The molecule has 1 fully saturated rings. The molecule has 158 valence electrons. The van der Waals surface area contributed by atoms with Crippen LogP contribution in [0.5, 0.6) is 5.75 Å². The highest BCUT2D eigenvalue weighted by Gasteiger charge is 2.24. The van der Waals surface area contributed by atoms with Crippen LogP contribution < -0.4 is 20.7 Å². The lowest BCUT2D eigenvalue weighted by atomic mass is 9.96. The lowest BCUT2D eigenvalue weighted by Crippen LogP contribution is -2.50. The zero-order valence-corrected chi connectivity index (χ0v) is 17.9. The molecule has 1 aromatic rings. The van der Waals surface area contributed by atoms with E-state index in [0.717, 1.165) is 25.3 Å². The Balaban J connectivity index is 0.00000392. The molecule has 2 rings (SSSR count). The Labute approximate surface area is 174 Å². The molecule has 0 aliphatic carbocycles. The second kappa shape index (κ2) is 12.6. The number of amides is 2. The fraction of sp³-hybridized carbons (Fsp3) is 0.619. The zero-order valence-electron chi connectivity index (χ0n) is 17.1. The summed E-state index contributed by atoms with van der Waals surface area (Å²) in [7, 11) is 0. The molecule has 2 atom stereocenters. The number of carbonyl (C=O) groups is 2. The molecule has 1 heterocycles. The third-order valence-electron chi connectivity index (χ3n) is 4.91. The van der Waals surface area contributed by atoms with Gasteiger partial charge < -0.3 is 20.7 Å². The predicted octanol–water partition coefficient (Wildman–Crippen LogP) is 2.77. The topological polar surface area (TPSA) is 79.5 Å². The second-order valence-corrected chi connectivity index (χ2v) is 7.44. The molecule has 2 unspecified atom stereocenters. The SMILES string of the molecule is CCOc1ccc(C(=O)NC(C(=O)NCCC2CCCNC2)C(C)C)cc1.Cl. The summed E-state index contributed by atoms with van der Waals surface area (Å²) < 4.78 is 5.39. The number of benzene rings is 1. The Hall–Kier alpha value is -1.79. The summed E-state index contributed by atoms with van der Waals surface area (Å²) in [5, 5.41) is 9.25. The molecule has 0 saturated carbocycles. The Morgan fingerprint density at radius 3 is 2.54 bits per heavy atom. The van der Waals surface area contributed by atoms with E-state index >= 15 is 0 Å². The maximum absolute atomic E-state index is 12.6. The van der Waals surface area contributed by atoms with Crippen LogP contribution in [0.4, 0.5) is 0 Å². The van der Waals surface area contributed by atoms with Crippen LogP contribution in [0.2, 0.25) is 0 Å². The highest BCUT2D eigenvalue weighted by molar-refractivity contribution is 5.97. The van der Waals surface area contributed by atoms with Gasteiger partial charge >= 0.3 is 0 Å². The van der Waals surface area contributed by atoms with Gasteiger partial charge in [0.2, 0.25) is 5.91 Å². The maximum atomic E-state index is 12.6. The van der Waals surface area contributed by atoms with Gasteiger partial charge in [0.1, 0.15) is 11.8 Å². The van der Waals surface area contributed by atoms with Crippen molar-refractivity contribution in [3.8, 4) is 5.75 Å². The van der Waals surface area contributed by atoms with E-state index in [9.17, 15) is 9.59 Å². The van der Waals surface area contributed by atoms with Crippen LogP contribution in [-0.2, 0) is 4.79 Å². The molecule has 1 aromatic carbocycles. The van der Waals surface area contributed by atoms with Crippen LogP contribution >= 0.6 is 12.4 Å².